The van der Waals surface area contributed by atoms with E-state index >= 15 is 0 Å². The standard InChI is InChI=1S/C20H22N4S/c1-2-5-17(6-3-1)7-4-11-23-12-8-19(9-13-23)24-15-20(21-22-24)18-10-14-25-16-18/h1-7,10,14-16,19H,8-9,11-13H2. The van der Waals surface area contributed by atoms with Crippen LogP contribution in [0.4, 0.5) is 0 Å². The van der Waals surface area contributed by atoms with Crippen molar-refractivity contribution in [2.45, 2.75) is 18.9 Å². The molecule has 1 aliphatic heterocycles. The summed E-state index contributed by atoms with van der Waals surface area (Å²) < 4.78 is 2.06. The zero-order valence-electron chi connectivity index (χ0n) is 14.2. The van der Waals surface area contributed by atoms with Crippen molar-refractivity contribution in [3.8, 4) is 11.3 Å². The first-order valence-electron chi connectivity index (χ1n) is 8.77. The van der Waals surface area contributed by atoms with Crippen LogP contribution in [0.1, 0.15) is 24.4 Å². The number of thiophene rings is 1. The Morgan fingerprint density at radius 1 is 1.12 bits per heavy atom. The van der Waals surface area contributed by atoms with Crippen molar-refractivity contribution >= 4 is 17.4 Å². The highest BCUT2D eigenvalue weighted by Gasteiger charge is 2.21. The van der Waals surface area contributed by atoms with E-state index in [9.17, 15) is 0 Å². The van der Waals surface area contributed by atoms with Crippen LogP contribution in [0.15, 0.2) is 59.4 Å². The third-order valence-electron chi connectivity index (χ3n) is 4.73. The first-order chi connectivity index (χ1) is 12.4. The Balaban J connectivity index is 1.29. The monoisotopic (exact) mass is 350 g/mol. The fourth-order valence-corrected chi connectivity index (χ4v) is 3.92. The van der Waals surface area contributed by atoms with Gasteiger partial charge >= 0.3 is 0 Å². The minimum absolute atomic E-state index is 0.467. The largest absolute Gasteiger partial charge is 0.300 e. The molecule has 0 radical (unpaired) electrons. The molecule has 5 heteroatoms. The summed E-state index contributed by atoms with van der Waals surface area (Å²) in [6.45, 7) is 3.23. The van der Waals surface area contributed by atoms with Crippen molar-refractivity contribution in [3.63, 3.8) is 0 Å². The van der Waals surface area contributed by atoms with Crippen LogP contribution < -0.4 is 0 Å². The summed E-state index contributed by atoms with van der Waals surface area (Å²) in [5.74, 6) is 0. The smallest absolute Gasteiger partial charge is 0.113 e. The summed E-state index contributed by atoms with van der Waals surface area (Å²) in [5.41, 5.74) is 3.41. The Morgan fingerprint density at radius 2 is 1.96 bits per heavy atom. The average Bonchev–Trinajstić information content (AvgIpc) is 3.35. The Bertz CT molecular complexity index is 799. The summed E-state index contributed by atoms with van der Waals surface area (Å²) in [6, 6.07) is 13.0. The predicted octanol–water partition coefficient (Wildman–Crippen LogP) is 4.36. The van der Waals surface area contributed by atoms with E-state index in [0.29, 0.717) is 6.04 Å². The van der Waals surface area contributed by atoms with Crippen molar-refractivity contribution < 1.29 is 0 Å². The molecule has 0 N–H and O–H groups in total. The maximum Gasteiger partial charge on any atom is 0.113 e. The number of rotatable bonds is 5. The maximum atomic E-state index is 4.36. The molecule has 0 bridgehead atoms. The van der Waals surface area contributed by atoms with Crippen molar-refractivity contribution in [2.24, 2.45) is 0 Å². The van der Waals surface area contributed by atoms with Crippen LogP contribution in [-0.4, -0.2) is 39.5 Å². The Kier molecular flexibility index (Phi) is 5.04. The number of nitrogens with zero attached hydrogens (tertiary/aromatic N) is 4. The van der Waals surface area contributed by atoms with E-state index in [4.69, 9.17) is 0 Å². The molecular weight excluding hydrogens is 328 g/mol. The first-order valence-corrected chi connectivity index (χ1v) is 9.71. The molecule has 0 spiro atoms. The van der Waals surface area contributed by atoms with E-state index in [2.05, 4.69) is 85.4 Å². The van der Waals surface area contributed by atoms with Gasteiger partial charge in [-0.3, -0.25) is 4.90 Å². The molecule has 1 aromatic carbocycles. The second kappa shape index (κ2) is 7.76. The normalized spacial score (nSPS) is 16.6. The van der Waals surface area contributed by atoms with Crippen LogP contribution in [0.3, 0.4) is 0 Å². The van der Waals surface area contributed by atoms with E-state index in [0.717, 1.165) is 38.2 Å². The summed E-state index contributed by atoms with van der Waals surface area (Å²) in [6.07, 6.45) is 8.82. The van der Waals surface area contributed by atoms with Gasteiger partial charge in [-0.05, 0) is 29.9 Å². The van der Waals surface area contributed by atoms with E-state index in [-0.39, 0.29) is 0 Å². The molecule has 3 aromatic rings. The third kappa shape index (κ3) is 4.06. The number of likely N-dealkylation sites (tertiary alicyclic amines) is 1. The number of hydrogen-bond donors (Lipinski definition) is 0. The van der Waals surface area contributed by atoms with E-state index in [1.54, 1.807) is 11.3 Å². The van der Waals surface area contributed by atoms with Crippen molar-refractivity contribution in [1.82, 2.24) is 19.9 Å². The lowest BCUT2D eigenvalue weighted by Crippen LogP contribution is -2.34. The van der Waals surface area contributed by atoms with Gasteiger partial charge in [-0.15, -0.1) is 5.10 Å². The van der Waals surface area contributed by atoms with E-state index < -0.39 is 0 Å². The highest BCUT2D eigenvalue weighted by Crippen LogP contribution is 2.25. The zero-order chi connectivity index (χ0) is 16.9. The van der Waals surface area contributed by atoms with Crippen LogP contribution in [0.2, 0.25) is 0 Å². The molecule has 0 aliphatic carbocycles. The number of benzene rings is 1. The van der Waals surface area contributed by atoms with Gasteiger partial charge in [-0.1, -0.05) is 47.7 Å². The predicted molar refractivity (Wildman–Crippen MR) is 104 cm³/mol. The van der Waals surface area contributed by atoms with Crippen molar-refractivity contribution in [3.05, 3.63) is 65.0 Å². The van der Waals surface area contributed by atoms with Crippen LogP contribution in [0, 0.1) is 0 Å². The molecule has 0 atom stereocenters. The summed E-state index contributed by atoms with van der Waals surface area (Å²) in [7, 11) is 0. The summed E-state index contributed by atoms with van der Waals surface area (Å²) >= 11 is 1.70. The fraction of sp³-hybridized carbons (Fsp3) is 0.300. The Hall–Kier alpha value is -2.24. The van der Waals surface area contributed by atoms with Gasteiger partial charge in [0.15, 0.2) is 0 Å². The van der Waals surface area contributed by atoms with Crippen LogP contribution in [0.25, 0.3) is 17.3 Å². The lowest BCUT2D eigenvalue weighted by atomic mass is 10.1. The Labute approximate surface area is 152 Å². The van der Waals surface area contributed by atoms with Crippen LogP contribution in [-0.2, 0) is 0 Å². The number of aromatic nitrogens is 3. The zero-order valence-corrected chi connectivity index (χ0v) is 15.0. The SMILES string of the molecule is C(=Cc1ccccc1)CN1CCC(n2cc(-c3ccsc3)nn2)CC1. The van der Waals surface area contributed by atoms with Crippen molar-refractivity contribution in [2.75, 3.05) is 19.6 Å². The minimum Gasteiger partial charge on any atom is -0.300 e. The van der Waals surface area contributed by atoms with Crippen LogP contribution >= 0.6 is 11.3 Å². The van der Waals surface area contributed by atoms with Gasteiger partial charge in [0.2, 0.25) is 0 Å². The fourth-order valence-electron chi connectivity index (χ4n) is 3.27. The van der Waals surface area contributed by atoms with Gasteiger partial charge in [-0.2, -0.15) is 11.3 Å². The highest BCUT2D eigenvalue weighted by molar-refractivity contribution is 7.08. The molecule has 1 fully saturated rings. The first kappa shape index (κ1) is 16.2. The molecule has 4 rings (SSSR count). The van der Waals surface area contributed by atoms with Gasteiger partial charge in [0, 0.05) is 30.6 Å². The van der Waals surface area contributed by atoms with Crippen molar-refractivity contribution in [1.29, 1.82) is 0 Å². The quantitative estimate of drug-likeness (QED) is 0.686. The highest BCUT2D eigenvalue weighted by atomic mass is 32.1. The summed E-state index contributed by atoms with van der Waals surface area (Å²) in [4.78, 5) is 2.51. The van der Waals surface area contributed by atoms with E-state index in [1.807, 2.05) is 0 Å². The molecule has 0 unspecified atom stereocenters. The molecule has 1 saturated heterocycles. The van der Waals surface area contributed by atoms with Gasteiger partial charge in [0.1, 0.15) is 5.69 Å². The van der Waals surface area contributed by atoms with Gasteiger partial charge in [0.25, 0.3) is 0 Å². The summed E-state index contributed by atoms with van der Waals surface area (Å²) in [5, 5.41) is 12.9. The molecule has 1 aliphatic rings. The van der Waals surface area contributed by atoms with Gasteiger partial charge < -0.3 is 0 Å². The molecule has 25 heavy (non-hydrogen) atoms. The molecule has 0 amide bonds. The minimum atomic E-state index is 0.467. The number of piperidine rings is 1. The molecule has 128 valence electrons. The molecule has 3 heterocycles. The van der Waals surface area contributed by atoms with Gasteiger partial charge in [0.05, 0.1) is 12.2 Å². The number of hydrogen-bond acceptors (Lipinski definition) is 4. The second-order valence-corrected chi connectivity index (χ2v) is 7.22. The topological polar surface area (TPSA) is 34.0 Å². The second-order valence-electron chi connectivity index (χ2n) is 6.44. The molecular formula is C20H22N4S. The average molecular weight is 350 g/mol. The molecule has 4 nitrogen and oxygen atoms in total. The van der Waals surface area contributed by atoms with E-state index in [1.165, 1.54) is 11.1 Å². The van der Waals surface area contributed by atoms with Gasteiger partial charge in [-0.25, -0.2) is 4.68 Å². The molecule has 0 saturated carbocycles. The lowest BCUT2D eigenvalue weighted by Gasteiger charge is -2.30. The third-order valence-corrected chi connectivity index (χ3v) is 5.42. The maximum absolute atomic E-state index is 4.36. The van der Waals surface area contributed by atoms with Crippen LogP contribution in [0.5, 0.6) is 0 Å². The molecule has 2 aromatic heterocycles. The lowest BCUT2D eigenvalue weighted by molar-refractivity contribution is 0.194. The Morgan fingerprint density at radius 3 is 2.72 bits per heavy atom.